The highest BCUT2D eigenvalue weighted by Gasteiger charge is 2.18. The first-order valence-corrected chi connectivity index (χ1v) is 8.58. The standard InChI is InChI=1S/C19H14ClF2N5O2/c1-9-2-3-10(26-17(28)12-4-5-14(21)15(20)16(12)22)6-13(9)18(29)27-11-7-24-19(23)25-8-11/h2-8H,1H3,(H,26,28)(H,27,29)(H2,23,24,25). The number of hydrogen-bond donors (Lipinski definition) is 3. The maximum atomic E-state index is 14.0. The van der Waals surface area contributed by atoms with Gasteiger partial charge in [-0.1, -0.05) is 17.7 Å². The Hall–Kier alpha value is -3.59. The van der Waals surface area contributed by atoms with Gasteiger partial charge in [-0.05, 0) is 36.8 Å². The Morgan fingerprint density at radius 2 is 1.59 bits per heavy atom. The number of aromatic nitrogens is 2. The predicted octanol–water partition coefficient (Wildman–Crippen LogP) is 3.80. The molecule has 1 heterocycles. The summed E-state index contributed by atoms with van der Waals surface area (Å²) >= 11 is 5.50. The van der Waals surface area contributed by atoms with Crippen molar-refractivity contribution in [2.45, 2.75) is 6.92 Å². The third kappa shape index (κ3) is 4.46. The lowest BCUT2D eigenvalue weighted by molar-refractivity contribution is 0.101. The zero-order valence-electron chi connectivity index (χ0n) is 15.0. The summed E-state index contributed by atoms with van der Waals surface area (Å²) in [7, 11) is 0. The summed E-state index contributed by atoms with van der Waals surface area (Å²) < 4.78 is 27.3. The number of rotatable bonds is 4. The Balaban J connectivity index is 1.81. The van der Waals surface area contributed by atoms with Crippen molar-refractivity contribution < 1.29 is 18.4 Å². The summed E-state index contributed by atoms with van der Waals surface area (Å²) in [6.07, 6.45) is 2.70. The van der Waals surface area contributed by atoms with Crippen molar-refractivity contribution in [1.29, 1.82) is 0 Å². The molecule has 1 aromatic heterocycles. The molecule has 0 saturated carbocycles. The van der Waals surface area contributed by atoms with Crippen LogP contribution >= 0.6 is 11.6 Å². The number of aryl methyl sites for hydroxylation is 1. The number of nitrogen functional groups attached to an aromatic ring is 1. The number of carbonyl (C=O) groups is 2. The number of nitrogens with one attached hydrogen (secondary N) is 2. The average Bonchev–Trinajstić information content (AvgIpc) is 2.69. The summed E-state index contributed by atoms with van der Waals surface area (Å²) in [5, 5.41) is 4.30. The third-order valence-electron chi connectivity index (χ3n) is 3.95. The monoisotopic (exact) mass is 417 g/mol. The van der Waals surface area contributed by atoms with E-state index in [2.05, 4.69) is 20.6 Å². The van der Waals surface area contributed by atoms with Crippen LogP contribution in [0.3, 0.4) is 0 Å². The van der Waals surface area contributed by atoms with Gasteiger partial charge in [0.1, 0.15) is 10.8 Å². The van der Waals surface area contributed by atoms with Gasteiger partial charge in [-0.3, -0.25) is 9.59 Å². The van der Waals surface area contributed by atoms with Gasteiger partial charge in [0.05, 0.1) is 23.6 Å². The number of nitrogens with two attached hydrogens (primary N) is 1. The van der Waals surface area contributed by atoms with Crippen molar-refractivity contribution in [3.63, 3.8) is 0 Å². The second-order valence-electron chi connectivity index (χ2n) is 5.99. The molecule has 7 nitrogen and oxygen atoms in total. The number of hydrogen-bond acceptors (Lipinski definition) is 5. The second-order valence-corrected chi connectivity index (χ2v) is 6.37. The van der Waals surface area contributed by atoms with Gasteiger partial charge in [-0.15, -0.1) is 0 Å². The zero-order chi connectivity index (χ0) is 21.1. The molecule has 0 aliphatic rings. The highest BCUT2D eigenvalue weighted by Crippen LogP contribution is 2.23. The first kappa shape index (κ1) is 20.2. The maximum absolute atomic E-state index is 14.0. The van der Waals surface area contributed by atoms with E-state index in [9.17, 15) is 18.4 Å². The van der Waals surface area contributed by atoms with Crippen molar-refractivity contribution in [2.24, 2.45) is 0 Å². The number of benzene rings is 2. The molecule has 0 bridgehead atoms. The fraction of sp³-hybridized carbons (Fsp3) is 0.0526. The van der Waals surface area contributed by atoms with Crippen LogP contribution in [0.4, 0.5) is 26.1 Å². The molecule has 29 heavy (non-hydrogen) atoms. The van der Waals surface area contributed by atoms with E-state index in [1.807, 2.05) is 0 Å². The lowest BCUT2D eigenvalue weighted by atomic mass is 10.1. The summed E-state index contributed by atoms with van der Waals surface area (Å²) in [6, 6.07) is 6.44. The number of nitrogens with zero attached hydrogens (tertiary/aromatic N) is 2. The number of carbonyl (C=O) groups excluding carboxylic acids is 2. The largest absolute Gasteiger partial charge is 0.368 e. The van der Waals surface area contributed by atoms with Gasteiger partial charge in [0.25, 0.3) is 11.8 Å². The second kappa shape index (κ2) is 8.19. The van der Waals surface area contributed by atoms with E-state index in [0.29, 0.717) is 11.3 Å². The lowest BCUT2D eigenvalue weighted by Gasteiger charge is -2.11. The summed E-state index contributed by atoms with van der Waals surface area (Å²) in [6.45, 7) is 1.71. The van der Waals surface area contributed by atoms with E-state index in [1.165, 1.54) is 18.5 Å². The van der Waals surface area contributed by atoms with E-state index in [0.717, 1.165) is 12.1 Å². The van der Waals surface area contributed by atoms with Gasteiger partial charge in [-0.25, -0.2) is 18.7 Å². The van der Waals surface area contributed by atoms with E-state index < -0.39 is 34.0 Å². The molecular formula is C19H14ClF2N5O2. The van der Waals surface area contributed by atoms with Crippen LogP contribution in [0, 0.1) is 18.6 Å². The minimum absolute atomic E-state index is 0.0667. The molecular weight excluding hydrogens is 404 g/mol. The molecule has 3 rings (SSSR count). The maximum Gasteiger partial charge on any atom is 0.258 e. The minimum atomic E-state index is -1.17. The Bertz CT molecular complexity index is 1110. The number of anilines is 3. The van der Waals surface area contributed by atoms with Crippen LogP contribution in [-0.2, 0) is 0 Å². The van der Waals surface area contributed by atoms with E-state index in [1.54, 1.807) is 19.1 Å². The van der Waals surface area contributed by atoms with Crippen LogP contribution in [0.25, 0.3) is 0 Å². The first-order valence-electron chi connectivity index (χ1n) is 8.20. The van der Waals surface area contributed by atoms with E-state index in [-0.39, 0.29) is 17.2 Å². The first-order chi connectivity index (χ1) is 13.8. The van der Waals surface area contributed by atoms with Crippen molar-refractivity contribution in [1.82, 2.24) is 9.97 Å². The van der Waals surface area contributed by atoms with Gasteiger partial charge in [0, 0.05) is 11.3 Å². The Morgan fingerprint density at radius 1 is 0.966 bits per heavy atom. The van der Waals surface area contributed by atoms with Crippen LogP contribution in [0.1, 0.15) is 26.3 Å². The van der Waals surface area contributed by atoms with Crippen molar-refractivity contribution in [3.8, 4) is 0 Å². The molecule has 148 valence electrons. The minimum Gasteiger partial charge on any atom is -0.368 e. The molecule has 2 aromatic carbocycles. The SMILES string of the molecule is Cc1ccc(NC(=O)c2ccc(F)c(Cl)c2F)cc1C(=O)Nc1cnc(N)nc1. The topological polar surface area (TPSA) is 110 Å². The number of amides is 2. The molecule has 3 aromatic rings. The number of halogens is 3. The molecule has 0 aliphatic heterocycles. The molecule has 0 unspecified atom stereocenters. The summed E-state index contributed by atoms with van der Waals surface area (Å²) in [4.78, 5) is 32.4. The van der Waals surface area contributed by atoms with Crippen LogP contribution in [0.5, 0.6) is 0 Å². The van der Waals surface area contributed by atoms with E-state index >= 15 is 0 Å². The van der Waals surface area contributed by atoms with Crippen molar-refractivity contribution in [3.05, 3.63) is 76.1 Å². The van der Waals surface area contributed by atoms with E-state index in [4.69, 9.17) is 17.3 Å². The fourth-order valence-electron chi connectivity index (χ4n) is 2.45. The zero-order valence-corrected chi connectivity index (χ0v) is 15.7. The molecule has 0 aliphatic carbocycles. The quantitative estimate of drug-likeness (QED) is 0.559. The van der Waals surface area contributed by atoms with Crippen LogP contribution in [0.15, 0.2) is 42.7 Å². The Labute approximate surface area is 168 Å². The van der Waals surface area contributed by atoms with Gasteiger partial charge in [0.15, 0.2) is 5.82 Å². The molecule has 2 amide bonds. The lowest BCUT2D eigenvalue weighted by Crippen LogP contribution is -2.17. The summed E-state index contributed by atoms with van der Waals surface area (Å²) in [5.41, 5.74) is 6.44. The molecule has 0 saturated heterocycles. The average molecular weight is 418 g/mol. The van der Waals surface area contributed by atoms with Crippen LogP contribution < -0.4 is 16.4 Å². The van der Waals surface area contributed by atoms with Crippen LogP contribution in [-0.4, -0.2) is 21.8 Å². The Kier molecular flexibility index (Phi) is 5.69. The predicted molar refractivity (Wildman–Crippen MR) is 105 cm³/mol. The van der Waals surface area contributed by atoms with Gasteiger partial charge in [-0.2, -0.15) is 0 Å². The Morgan fingerprint density at radius 3 is 2.28 bits per heavy atom. The smallest absolute Gasteiger partial charge is 0.258 e. The van der Waals surface area contributed by atoms with Gasteiger partial charge < -0.3 is 16.4 Å². The molecule has 0 spiro atoms. The molecule has 0 radical (unpaired) electrons. The fourth-order valence-corrected chi connectivity index (χ4v) is 2.61. The normalized spacial score (nSPS) is 10.5. The molecule has 0 fully saturated rings. The van der Waals surface area contributed by atoms with Crippen LogP contribution in [0.2, 0.25) is 5.02 Å². The highest BCUT2D eigenvalue weighted by molar-refractivity contribution is 6.31. The highest BCUT2D eigenvalue weighted by atomic mass is 35.5. The molecule has 0 atom stereocenters. The molecule has 4 N–H and O–H groups in total. The third-order valence-corrected chi connectivity index (χ3v) is 4.30. The summed E-state index contributed by atoms with van der Waals surface area (Å²) in [5.74, 6) is -3.38. The van der Waals surface area contributed by atoms with Gasteiger partial charge in [0.2, 0.25) is 5.95 Å². The van der Waals surface area contributed by atoms with Crippen molar-refractivity contribution >= 4 is 40.7 Å². The molecule has 10 heteroatoms. The van der Waals surface area contributed by atoms with Gasteiger partial charge >= 0.3 is 0 Å². The van der Waals surface area contributed by atoms with Crippen molar-refractivity contribution in [2.75, 3.05) is 16.4 Å².